The van der Waals surface area contributed by atoms with Crippen molar-refractivity contribution < 1.29 is 4.79 Å². The molecule has 2 nitrogen and oxygen atoms in total. The average Bonchev–Trinajstić information content (AvgIpc) is 1.74. The van der Waals surface area contributed by atoms with Gasteiger partial charge in [-0.2, -0.15) is 0 Å². The average molecular weight is 169 g/mol. The van der Waals surface area contributed by atoms with Gasteiger partial charge in [0.25, 0.3) is 0 Å². The molecule has 0 aromatic heterocycles. The van der Waals surface area contributed by atoms with Gasteiger partial charge in [0.2, 0.25) is 5.91 Å². The molecule has 1 amide bonds. The second kappa shape index (κ2) is 3.46. The number of amides is 1. The summed E-state index contributed by atoms with van der Waals surface area (Å²) in [6, 6.07) is 0. The van der Waals surface area contributed by atoms with E-state index in [0.717, 1.165) is 6.42 Å². The monoisotopic (exact) mass is 169 g/mol. The van der Waals surface area contributed by atoms with Crippen LogP contribution < -0.4 is 5.32 Å². The highest BCUT2D eigenvalue weighted by atomic mass is 16.1. The summed E-state index contributed by atoms with van der Waals surface area (Å²) in [6.07, 6.45) is 4.54. The van der Waals surface area contributed by atoms with Crippen LogP contribution in [0.4, 0.5) is 0 Å². The smallest absolute Gasteiger partial charge is 0.220 e. The molecule has 1 aliphatic rings. The molecule has 0 aliphatic heterocycles. The second-order valence-corrected chi connectivity index (χ2v) is 4.80. The van der Waals surface area contributed by atoms with E-state index in [2.05, 4.69) is 5.32 Å². The van der Waals surface area contributed by atoms with Gasteiger partial charge in [-0.1, -0.05) is 6.42 Å². The van der Waals surface area contributed by atoms with Crippen molar-refractivity contribution in [1.82, 2.24) is 5.32 Å². The van der Waals surface area contributed by atoms with E-state index in [1.165, 1.54) is 19.3 Å². The zero-order valence-electron chi connectivity index (χ0n) is 8.31. The first-order valence-electron chi connectivity index (χ1n) is 4.78. The molecular weight excluding hydrogens is 150 g/mol. The lowest BCUT2D eigenvalue weighted by atomic mass is 9.82. The van der Waals surface area contributed by atoms with Crippen molar-refractivity contribution in [3.63, 3.8) is 0 Å². The number of rotatable bonds is 2. The Balaban J connectivity index is 2.19. The van der Waals surface area contributed by atoms with Gasteiger partial charge in [-0.15, -0.1) is 0 Å². The molecule has 12 heavy (non-hydrogen) atoms. The topological polar surface area (TPSA) is 29.1 Å². The van der Waals surface area contributed by atoms with Crippen LogP contribution in [-0.2, 0) is 4.79 Å². The highest BCUT2D eigenvalue weighted by molar-refractivity contribution is 5.76. The third kappa shape index (κ3) is 3.24. The van der Waals surface area contributed by atoms with Crippen molar-refractivity contribution in [1.29, 1.82) is 0 Å². The fraction of sp³-hybridized carbons (Fsp3) is 0.900. The van der Waals surface area contributed by atoms with Gasteiger partial charge in [-0.3, -0.25) is 4.79 Å². The molecule has 1 aliphatic carbocycles. The van der Waals surface area contributed by atoms with Crippen LogP contribution in [-0.4, -0.2) is 11.4 Å². The van der Waals surface area contributed by atoms with Crippen molar-refractivity contribution in [2.75, 3.05) is 0 Å². The molecule has 0 saturated heterocycles. The number of hydrogen-bond acceptors (Lipinski definition) is 1. The van der Waals surface area contributed by atoms with E-state index < -0.39 is 0 Å². The number of hydrogen-bond donors (Lipinski definition) is 1. The molecule has 0 atom stereocenters. The van der Waals surface area contributed by atoms with Crippen molar-refractivity contribution in [2.45, 2.75) is 52.0 Å². The van der Waals surface area contributed by atoms with Gasteiger partial charge in [0.15, 0.2) is 0 Å². The molecule has 0 bridgehead atoms. The molecule has 0 heterocycles. The Morgan fingerprint density at radius 2 is 2.00 bits per heavy atom. The summed E-state index contributed by atoms with van der Waals surface area (Å²) in [7, 11) is 0. The van der Waals surface area contributed by atoms with Crippen molar-refractivity contribution >= 4 is 5.91 Å². The van der Waals surface area contributed by atoms with Crippen LogP contribution in [0.3, 0.4) is 0 Å². The first-order valence-corrected chi connectivity index (χ1v) is 4.78. The molecule has 70 valence electrons. The van der Waals surface area contributed by atoms with E-state index in [9.17, 15) is 4.79 Å². The summed E-state index contributed by atoms with van der Waals surface area (Å²) < 4.78 is 0. The van der Waals surface area contributed by atoms with Gasteiger partial charge in [0.1, 0.15) is 0 Å². The Morgan fingerprint density at radius 1 is 1.42 bits per heavy atom. The largest absolute Gasteiger partial charge is 0.352 e. The summed E-state index contributed by atoms with van der Waals surface area (Å²) in [5.41, 5.74) is -0.0686. The van der Waals surface area contributed by atoms with E-state index in [1.54, 1.807) is 0 Å². The molecular formula is C10H19NO. The molecule has 1 N–H and O–H groups in total. The minimum Gasteiger partial charge on any atom is -0.352 e. The molecule has 1 saturated carbocycles. The summed E-state index contributed by atoms with van der Waals surface area (Å²) in [5.74, 6) is 0.888. The minimum absolute atomic E-state index is 0.0686. The molecule has 1 rings (SSSR count). The van der Waals surface area contributed by atoms with Crippen LogP contribution in [0.25, 0.3) is 0 Å². The third-order valence-corrected chi connectivity index (χ3v) is 2.21. The predicted octanol–water partition coefficient (Wildman–Crippen LogP) is 2.09. The number of carbonyl (C=O) groups is 1. The third-order valence-electron chi connectivity index (χ3n) is 2.21. The lowest BCUT2D eigenvalue weighted by Crippen LogP contribution is -2.41. The van der Waals surface area contributed by atoms with E-state index in [0.29, 0.717) is 5.92 Å². The van der Waals surface area contributed by atoms with Gasteiger partial charge in [0.05, 0.1) is 0 Å². The lowest BCUT2D eigenvalue weighted by molar-refractivity contribution is -0.124. The zero-order chi connectivity index (χ0) is 9.19. The van der Waals surface area contributed by atoms with Crippen LogP contribution in [0.5, 0.6) is 0 Å². The number of carbonyl (C=O) groups excluding carboxylic acids is 1. The molecule has 0 radical (unpaired) electrons. The lowest BCUT2D eigenvalue weighted by Gasteiger charge is -2.27. The first kappa shape index (κ1) is 9.56. The van der Waals surface area contributed by atoms with Gasteiger partial charge in [-0.25, -0.2) is 0 Å². The van der Waals surface area contributed by atoms with Crippen molar-refractivity contribution in [2.24, 2.45) is 5.92 Å². The van der Waals surface area contributed by atoms with E-state index >= 15 is 0 Å². The molecule has 0 spiro atoms. The van der Waals surface area contributed by atoms with Crippen LogP contribution in [0.15, 0.2) is 0 Å². The number of nitrogens with one attached hydrogen (secondary N) is 1. The predicted molar refractivity (Wildman–Crippen MR) is 49.9 cm³/mol. The summed E-state index contributed by atoms with van der Waals surface area (Å²) in [5, 5.41) is 2.98. The van der Waals surface area contributed by atoms with Gasteiger partial charge in [0, 0.05) is 12.0 Å². The normalized spacial score (nSPS) is 18.6. The van der Waals surface area contributed by atoms with Crippen LogP contribution in [0.1, 0.15) is 46.5 Å². The van der Waals surface area contributed by atoms with Crippen LogP contribution in [0.2, 0.25) is 0 Å². The zero-order valence-corrected chi connectivity index (χ0v) is 8.31. The van der Waals surface area contributed by atoms with E-state index in [4.69, 9.17) is 0 Å². The molecule has 0 aromatic carbocycles. The maximum Gasteiger partial charge on any atom is 0.220 e. The maximum absolute atomic E-state index is 11.4. The SMILES string of the molecule is CC(C)(C)NC(=O)CC1CCC1. The minimum atomic E-state index is -0.0686. The first-order chi connectivity index (χ1) is 5.47. The molecule has 1 fully saturated rings. The Kier molecular flexibility index (Phi) is 2.76. The Morgan fingerprint density at radius 3 is 2.33 bits per heavy atom. The van der Waals surface area contributed by atoms with Crippen LogP contribution in [0, 0.1) is 5.92 Å². The summed E-state index contributed by atoms with van der Waals surface area (Å²) >= 11 is 0. The van der Waals surface area contributed by atoms with Gasteiger partial charge >= 0.3 is 0 Å². The van der Waals surface area contributed by atoms with E-state index in [-0.39, 0.29) is 11.4 Å². The highest BCUT2D eigenvalue weighted by Crippen LogP contribution is 2.29. The molecule has 2 heteroatoms. The Labute approximate surface area is 74.7 Å². The van der Waals surface area contributed by atoms with E-state index in [1.807, 2.05) is 20.8 Å². The van der Waals surface area contributed by atoms with Crippen molar-refractivity contribution in [3.05, 3.63) is 0 Å². The quantitative estimate of drug-likeness (QED) is 0.673. The summed E-state index contributed by atoms with van der Waals surface area (Å²) in [4.78, 5) is 11.4. The van der Waals surface area contributed by atoms with Gasteiger partial charge < -0.3 is 5.32 Å². The molecule has 0 unspecified atom stereocenters. The van der Waals surface area contributed by atoms with Crippen LogP contribution >= 0.6 is 0 Å². The van der Waals surface area contributed by atoms with Gasteiger partial charge in [-0.05, 0) is 39.5 Å². The second-order valence-electron chi connectivity index (χ2n) is 4.80. The Hall–Kier alpha value is -0.530. The van der Waals surface area contributed by atoms with Crippen molar-refractivity contribution in [3.8, 4) is 0 Å². The highest BCUT2D eigenvalue weighted by Gasteiger charge is 2.22. The Bertz CT molecular complexity index is 165. The maximum atomic E-state index is 11.4. The fourth-order valence-electron chi connectivity index (χ4n) is 1.43. The summed E-state index contributed by atoms with van der Waals surface area (Å²) in [6.45, 7) is 6.06. The molecule has 0 aromatic rings. The fourth-order valence-corrected chi connectivity index (χ4v) is 1.43. The standard InChI is InChI=1S/C10H19NO/c1-10(2,3)11-9(12)7-8-5-4-6-8/h8H,4-7H2,1-3H3,(H,11,12).